The van der Waals surface area contributed by atoms with Crippen LogP contribution in [0.2, 0.25) is 0 Å². The van der Waals surface area contributed by atoms with E-state index >= 15 is 0 Å². The molecule has 0 spiro atoms. The largest absolute Gasteiger partial charge is 0.346 e. The van der Waals surface area contributed by atoms with Crippen LogP contribution < -0.4 is 0 Å². The molecule has 0 aromatic carbocycles. The van der Waals surface area contributed by atoms with Crippen molar-refractivity contribution in [1.82, 2.24) is 9.97 Å². The van der Waals surface area contributed by atoms with Crippen molar-refractivity contribution in [2.24, 2.45) is 0 Å². The second kappa shape index (κ2) is 1.99. The molecule has 0 amide bonds. The fourth-order valence-corrected chi connectivity index (χ4v) is 0.585. The highest BCUT2D eigenvalue weighted by atomic mass is 14.9. The molecule has 1 heterocycles. The molecular formula is C6H9N2. The van der Waals surface area contributed by atoms with E-state index < -0.39 is 0 Å². The Morgan fingerprint density at radius 1 is 1.88 bits per heavy atom. The number of aromatic amines is 1. The third-order valence-corrected chi connectivity index (χ3v) is 1.06. The van der Waals surface area contributed by atoms with Gasteiger partial charge in [0.15, 0.2) is 0 Å². The van der Waals surface area contributed by atoms with Crippen molar-refractivity contribution in [3.63, 3.8) is 0 Å². The van der Waals surface area contributed by atoms with Gasteiger partial charge in [-0.25, -0.2) is 4.98 Å². The fraction of sp³-hybridized carbons (Fsp3) is 0.333. The lowest BCUT2D eigenvalue weighted by atomic mass is 10.4. The molecule has 43 valence electrons. The first-order chi connectivity index (χ1) is 3.83. The van der Waals surface area contributed by atoms with Gasteiger partial charge in [0.05, 0.1) is 0 Å². The molecular weight excluding hydrogens is 100 g/mol. The van der Waals surface area contributed by atoms with Gasteiger partial charge in [-0.05, 0) is 6.42 Å². The van der Waals surface area contributed by atoms with Crippen LogP contribution in [0.1, 0.15) is 18.4 Å². The number of aromatic nitrogens is 2. The standard InChI is InChI=1S/C6H9N2/c1-3-6-4-7-5(2)8-6/h4H,2-3H2,1H3,(H,7,8). The molecule has 1 N–H and O–H groups in total. The van der Waals surface area contributed by atoms with Crippen molar-refractivity contribution in [1.29, 1.82) is 0 Å². The zero-order valence-corrected chi connectivity index (χ0v) is 4.94. The van der Waals surface area contributed by atoms with Crippen LogP contribution in [0.15, 0.2) is 6.20 Å². The highest BCUT2D eigenvalue weighted by Gasteiger charge is 1.89. The first kappa shape index (κ1) is 5.35. The number of nitrogens with zero attached hydrogens (tertiary/aromatic N) is 1. The zero-order valence-electron chi connectivity index (χ0n) is 4.94. The monoisotopic (exact) mass is 109 g/mol. The van der Waals surface area contributed by atoms with Crippen molar-refractivity contribution in [3.05, 3.63) is 24.6 Å². The molecule has 2 nitrogen and oxygen atoms in total. The molecule has 1 rings (SSSR count). The zero-order chi connectivity index (χ0) is 5.98. The van der Waals surface area contributed by atoms with Gasteiger partial charge in [0.1, 0.15) is 5.82 Å². The quantitative estimate of drug-likeness (QED) is 0.575. The average Bonchev–Trinajstić information content (AvgIpc) is 2.14. The Labute approximate surface area is 49.0 Å². The number of aryl methyl sites for hydroxylation is 1. The van der Waals surface area contributed by atoms with Crippen LogP contribution in [-0.4, -0.2) is 9.97 Å². The normalized spacial score (nSPS) is 9.75. The van der Waals surface area contributed by atoms with Gasteiger partial charge in [-0.1, -0.05) is 6.92 Å². The summed E-state index contributed by atoms with van der Waals surface area (Å²) < 4.78 is 0. The summed E-state index contributed by atoms with van der Waals surface area (Å²) in [7, 11) is 0. The van der Waals surface area contributed by atoms with E-state index in [-0.39, 0.29) is 0 Å². The molecule has 0 fully saturated rings. The Bertz CT molecular complexity index is 167. The van der Waals surface area contributed by atoms with Crippen LogP contribution in [0, 0.1) is 6.92 Å². The Balaban J connectivity index is 2.84. The van der Waals surface area contributed by atoms with Crippen LogP contribution >= 0.6 is 0 Å². The lowest BCUT2D eigenvalue weighted by molar-refractivity contribution is 1.05. The molecule has 0 aliphatic rings. The number of imidazole rings is 1. The van der Waals surface area contributed by atoms with Gasteiger partial charge in [0.25, 0.3) is 0 Å². The molecule has 0 saturated carbocycles. The minimum absolute atomic E-state index is 0.752. The van der Waals surface area contributed by atoms with Gasteiger partial charge in [0.2, 0.25) is 0 Å². The van der Waals surface area contributed by atoms with Gasteiger partial charge in [-0.2, -0.15) is 0 Å². The van der Waals surface area contributed by atoms with Gasteiger partial charge < -0.3 is 4.98 Å². The minimum atomic E-state index is 0.752. The lowest BCUT2D eigenvalue weighted by Gasteiger charge is -1.81. The third kappa shape index (κ3) is 0.886. The first-order valence-electron chi connectivity index (χ1n) is 2.68. The van der Waals surface area contributed by atoms with Crippen LogP contribution in [0.4, 0.5) is 0 Å². The molecule has 1 radical (unpaired) electrons. The van der Waals surface area contributed by atoms with E-state index in [4.69, 9.17) is 0 Å². The molecule has 1 aromatic rings. The maximum absolute atomic E-state index is 3.92. The molecule has 1 aromatic heterocycles. The highest BCUT2D eigenvalue weighted by Crippen LogP contribution is 1.94. The molecule has 0 atom stereocenters. The number of hydrogen-bond acceptors (Lipinski definition) is 1. The number of nitrogens with one attached hydrogen (secondary N) is 1. The second-order valence-electron chi connectivity index (χ2n) is 1.71. The summed E-state index contributed by atoms with van der Waals surface area (Å²) >= 11 is 0. The highest BCUT2D eigenvalue weighted by molar-refractivity contribution is 5.02. The molecule has 0 saturated heterocycles. The number of hydrogen-bond donors (Lipinski definition) is 1. The maximum atomic E-state index is 3.92. The SMILES string of the molecule is [CH2]c1ncc(CC)[nH]1. The van der Waals surface area contributed by atoms with Crippen molar-refractivity contribution >= 4 is 0 Å². The maximum Gasteiger partial charge on any atom is 0.106 e. The van der Waals surface area contributed by atoms with Crippen LogP contribution in [0.25, 0.3) is 0 Å². The molecule has 0 unspecified atom stereocenters. The number of H-pyrrole nitrogens is 1. The predicted octanol–water partition coefficient (Wildman–Crippen LogP) is 1.15. The van der Waals surface area contributed by atoms with Gasteiger partial charge in [-0.15, -0.1) is 0 Å². The topological polar surface area (TPSA) is 28.7 Å². The van der Waals surface area contributed by atoms with Gasteiger partial charge in [-0.3, -0.25) is 0 Å². The van der Waals surface area contributed by atoms with Gasteiger partial charge >= 0.3 is 0 Å². The third-order valence-electron chi connectivity index (χ3n) is 1.06. The van der Waals surface area contributed by atoms with E-state index in [0.29, 0.717) is 0 Å². The first-order valence-corrected chi connectivity index (χ1v) is 2.68. The average molecular weight is 109 g/mol. The molecule has 0 bridgehead atoms. The lowest BCUT2D eigenvalue weighted by Crippen LogP contribution is -1.76. The second-order valence-corrected chi connectivity index (χ2v) is 1.71. The predicted molar refractivity (Wildman–Crippen MR) is 32.4 cm³/mol. The Kier molecular flexibility index (Phi) is 1.33. The van der Waals surface area contributed by atoms with E-state index in [9.17, 15) is 0 Å². The Morgan fingerprint density at radius 2 is 2.62 bits per heavy atom. The van der Waals surface area contributed by atoms with Crippen LogP contribution in [0.5, 0.6) is 0 Å². The number of rotatable bonds is 1. The van der Waals surface area contributed by atoms with E-state index in [0.717, 1.165) is 17.9 Å². The summed E-state index contributed by atoms with van der Waals surface area (Å²) in [5, 5.41) is 0. The smallest absolute Gasteiger partial charge is 0.106 e. The van der Waals surface area contributed by atoms with Crippen molar-refractivity contribution in [2.75, 3.05) is 0 Å². The van der Waals surface area contributed by atoms with Crippen LogP contribution in [0.3, 0.4) is 0 Å². The van der Waals surface area contributed by atoms with Crippen molar-refractivity contribution < 1.29 is 0 Å². The molecule has 0 aliphatic carbocycles. The van der Waals surface area contributed by atoms with Gasteiger partial charge in [0, 0.05) is 18.8 Å². The molecule has 8 heavy (non-hydrogen) atoms. The van der Waals surface area contributed by atoms with Crippen LogP contribution in [-0.2, 0) is 6.42 Å². The van der Waals surface area contributed by atoms with Crippen molar-refractivity contribution in [2.45, 2.75) is 13.3 Å². The molecule has 2 heteroatoms. The Morgan fingerprint density at radius 3 is 2.88 bits per heavy atom. The van der Waals surface area contributed by atoms with Crippen molar-refractivity contribution in [3.8, 4) is 0 Å². The summed E-state index contributed by atoms with van der Waals surface area (Å²) in [5.74, 6) is 0.752. The Hall–Kier alpha value is -0.790. The van der Waals surface area contributed by atoms with E-state index in [1.165, 1.54) is 0 Å². The molecule has 0 aliphatic heterocycles. The summed E-state index contributed by atoms with van der Waals surface area (Å²) in [6.07, 6.45) is 2.81. The fourth-order valence-electron chi connectivity index (χ4n) is 0.585. The summed E-state index contributed by atoms with van der Waals surface area (Å²) in [5.41, 5.74) is 1.15. The minimum Gasteiger partial charge on any atom is -0.346 e. The summed E-state index contributed by atoms with van der Waals surface area (Å²) in [6, 6.07) is 0. The van der Waals surface area contributed by atoms with E-state index in [1.807, 2.05) is 6.20 Å². The van der Waals surface area contributed by atoms with E-state index in [1.54, 1.807) is 0 Å². The summed E-state index contributed by atoms with van der Waals surface area (Å²) in [6.45, 7) is 5.70. The van der Waals surface area contributed by atoms with E-state index in [2.05, 4.69) is 23.8 Å². The summed E-state index contributed by atoms with van der Waals surface area (Å²) in [4.78, 5) is 6.92.